The van der Waals surface area contributed by atoms with Crippen molar-refractivity contribution in [2.24, 2.45) is 0 Å². The Morgan fingerprint density at radius 3 is 1.89 bits per heavy atom. The molecular formula is C31H38BNO2. The second-order valence-electron chi connectivity index (χ2n) is 11.3. The molecule has 35 heavy (non-hydrogen) atoms. The van der Waals surface area contributed by atoms with Crippen molar-refractivity contribution in [2.75, 3.05) is 13.1 Å². The van der Waals surface area contributed by atoms with Gasteiger partial charge in [-0.1, -0.05) is 60.7 Å². The van der Waals surface area contributed by atoms with Gasteiger partial charge in [0, 0.05) is 6.54 Å². The lowest BCUT2D eigenvalue weighted by Gasteiger charge is -2.32. The van der Waals surface area contributed by atoms with Gasteiger partial charge in [0.1, 0.15) is 0 Å². The van der Waals surface area contributed by atoms with Crippen molar-refractivity contribution < 1.29 is 9.31 Å². The predicted octanol–water partition coefficient (Wildman–Crippen LogP) is 6.53. The third-order valence-corrected chi connectivity index (χ3v) is 8.38. The lowest BCUT2D eigenvalue weighted by molar-refractivity contribution is 0.00578. The molecule has 0 amide bonds. The first-order valence-electron chi connectivity index (χ1n) is 13.0. The third-order valence-electron chi connectivity index (χ3n) is 8.38. The largest absolute Gasteiger partial charge is 0.495 e. The van der Waals surface area contributed by atoms with Crippen LogP contribution in [0.15, 0.2) is 60.7 Å². The van der Waals surface area contributed by atoms with Crippen molar-refractivity contribution in [2.45, 2.75) is 72.1 Å². The highest BCUT2D eigenvalue weighted by Crippen LogP contribution is 2.38. The zero-order valence-electron chi connectivity index (χ0n) is 22.2. The first kappa shape index (κ1) is 24.3. The highest BCUT2D eigenvalue weighted by atomic mass is 16.7. The van der Waals surface area contributed by atoms with Gasteiger partial charge in [-0.15, -0.1) is 0 Å². The van der Waals surface area contributed by atoms with E-state index in [0.29, 0.717) is 0 Å². The van der Waals surface area contributed by atoms with Crippen molar-refractivity contribution in [1.82, 2.24) is 4.90 Å². The fourth-order valence-electron chi connectivity index (χ4n) is 5.40. The second kappa shape index (κ2) is 9.24. The molecule has 2 aliphatic heterocycles. The number of rotatable bonds is 5. The summed E-state index contributed by atoms with van der Waals surface area (Å²) in [5.41, 5.74) is 9.38. The Labute approximate surface area is 211 Å². The molecular weight excluding hydrogens is 429 g/mol. The van der Waals surface area contributed by atoms with Gasteiger partial charge in [0.2, 0.25) is 0 Å². The van der Waals surface area contributed by atoms with Gasteiger partial charge in [-0.3, -0.25) is 4.90 Å². The van der Waals surface area contributed by atoms with Gasteiger partial charge in [0.25, 0.3) is 0 Å². The molecule has 2 fully saturated rings. The molecule has 3 nitrogen and oxygen atoms in total. The number of hydrogen-bond donors (Lipinski definition) is 0. The number of hydrogen-bond acceptors (Lipinski definition) is 3. The van der Waals surface area contributed by atoms with E-state index in [2.05, 4.69) is 107 Å². The monoisotopic (exact) mass is 467 g/mol. The molecule has 3 aromatic rings. The van der Waals surface area contributed by atoms with Crippen LogP contribution in [0.4, 0.5) is 0 Å². The molecule has 0 radical (unpaired) electrons. The Morgan fingerprint density at radius 1 is 0.714 bits per heavy atom. The van der Waals surface area contributed by atoms with Gasteiger partial charge < -0.3 is 9.31 Å². The molecule has 0 N–H and O–H groups in total. The average Bonchev–Trinajstić information content (AvgIpc) is 3.40. The average molecular weight is 467 g/mol. The van der Waals surface area contributed by atoms with E-state index < -0.39 is 0 Å². The Balaban J connectivity index is 1.45. The molecule has 182 valence electrons. The maximum Gasteiger partial charge on any atom is 0.495 e. The molecule has 2 heterocycles. The van der Waals surface area contributed by atoms with Crippen molar-refractivity contribution in [3.05, 3.63) is 77.4 Å². The predicted molar refractivity (Wildman–Crippen MR) is 147 cm³/mol. The summed E-state index contributed by atoms with van der Waals surface area (Å²) in [4.78, 5) is 2.55. The first-order chi connectivity index (χ1) is 16.7. The van der Waals surface area contributed by atoms with Gasteiger partial charge in [-0.2, -0.15) is 0 Å². The summed E-state index contributed by atoms with van der Waals surface area (Å²) in [5, 5.41) is 0. The highest BCUT2D eigenvalue weighted by Gasteiger charge is 2.52. The lowest BCUT2D eigenvalue weighted by Crippen LogP contribution is -2.41. The zero-order valence-corrected chi connectivity index (χ0v) is 22.2. The topological polar surface area (TPSA) is 21.7 Å². The Kier molecular flexibility index (Phi) is 6.42. The molecule has 3 aromatic carbocycles. The summed E-state index contributed by atoms with van der Waals surface area (Å²) in [5.74, 6) is 0. The van der Waals surface area contributed by atoms with Crippen molar-refractivity contribution in [3.8, 4) is 22.3 Å². The minimum absolute atomic E-state index is 0.350. The number of likely N-dealkylation sites (tertiary alicyclic amines) is 1. The van der Waals surface area contributed by atoms with Gasteiger partial charge in [-0.25, -0.2) is 0 Å². The molecule has 0 saturated carbocycles. The Hall–Kier alpha value is -2.40. The van der Waals surface area contributed by atoms with E-state index in [1.54, 1.807) is 0 Å². The summed E-state index contributed by atoms with van der Waals surface area (Å²) < 4.78 is 12.8. The molecule has 0 bridgehead atoms. The van der Waals surface area contributed by atoms with E-state index in [9.17, 15) is 0 Å². The van der Waals surface area contributed by atoms with Crippen LogP contribution in [-0.4, -0.2) is 36.3 Å². The molecule has 4 heteroatoms. The minimum Gasteiger partial charge on any atom is -0.399 e. The standard InChI is InChI=1S/C31H38BNO2/c1-22-26(25-17-15-24(16-18-25)21-33-19-7-8-20-33)11-9-12-27(22)28-13-10-14-29(23(28)2)32-34-30(3,4)31(5,6)35-32/h9-18H,7-8,19-21H2,1-6H3. The van der Waals surface area contributed by atoms with Gasteiger partial charge in [-0.05, 0) is 112 Å². The normalized spacial score (nSPS) is 19.4. The van der Waals surface area contributed by atoms with Crippen LogP contribution in [-0.2, 0) is 15.9 Å². The Bertz CT molecular complexity index is 1190. The number of nitrogens with zero attached hydrogens (tertiary/aromatic N) is 1. The number of benzene rings is 3. The van der Waals surface area contributed by atoms with Crippen LogP contribution in [0.5, 0.6) is 0 Å². The quantitative estimate of drug-likeness (QED) is 0.398. The molecule has 0 spiro atoms. The molecule has 2 aliphatic rings. The summed E-state index contributed by atoms with van der Waals surface area (Å²) in [7, 11) is -0.355. The van der Waals surface area contributed by atoms with Crippen LogP contribution in [0.1, 0.15) is 57.2 Å². The fourth-order valence-corrected chi connectivity index (χ4v) is 5.40. The molecule has 0 aromatic heterocycles. The van der Waals surface area contributed by atoms with E-state index in [-0.39, 0.29) is 18.3 Å². The zero-order chi connectivity index (χ0) is 24.8. The van der Waals surface area contributed by atoms with Crippen LogP contribution < -0.4 is 5.46 Å². The van der Waals surface area contributed by atoms with E-state index in [1.807, 2.05) is 0 Å². The van der Waals surface area contributed by atoms with Crippen LogP contribution >= 0.6 is 0 Å². The van der Waals surface area contributed by atoms with Crippen molar-refractivity contribution in [1.29, 1.82) is 0 Å². The van der Waals surface area contributed by atoms with Gasteiger partial charge >= 0.3 is 7.12 Å². The van der Waals surface area contributed by atoms with Crippen LogP contribution in [0.3, 0.4) is 0 Å². The second-order valence-corrected chi connectivity index (χ2v) is 11.3. The van der Waals surface area contributed by atoms with Crippen LogP contribution in [0.25, 0.3) is 22.3 Å². The molecule has 0 atom stereocenters. The highest BCUT2D eigenvalue weighted by molar-refractivity contribution is 6.62. The smallest absolute Gasteiger partial charge is 0.399 e. The summed E-state index contributed by atoms with van der Waals surface area (Å²) in [6.45, 7) is 16.4. The summed E-state index contributed by atoms with van der Waals surface area (Å²) in [6.07, 6.45) is 2.67. The van der Waals surface area contributed by atoms with E-state index in [1.165, 1.54) is 64.9 Å². The van der Waals surface area contributed by atoms with Crippen LogP contribution in [0, 0.1) is 13.8 Å². The fraction of sp³-hybridized carbons (Fsp3) is 0.419. The summed E-state index contributed by atoms with van der Waals surface area (Å²) >= 11 is 0. The molecule has 0 aliphatic carbocycles. The van der Waals surface area contributed by atoms with Crippen LogP contribution in [0.2, 0.25) is 0 Å². The first-order valence-corrected chi connectivity index (χ1v) is 13.0. The van der Waals surface area contributed by atoms with E-state index in [0.717, 1.165) is 12.0 Å². The SMILES string of the molecule is Cc1c(B2OC(C)(C)C(C)(C)O2)cccc1-c1cccc(-c2ccc(CN3CCCC3)cc2)c1C. The van der Waals surface area contributed by atoms with E-state index in [4.69, 9.17) is 9.31 Å². The lowest BCUT2D eigenvalue weighted by atomic mass is 9.74. The van der Waals surface area contributed by atoms with Gasteiger partial charge in [0.05, 0.1) is 11.2 Å². The Morgan fingerprint density at radius 2 is 1.26 bits per heavy atom. The molecule has 5 rings (SSSR count). The van der Waals surface area contributed by atoms with E-state index >= 15 is 0 Å². The molecule has 2 saturated heterocycles. The maximum absolute atomic E-state index is 6.38. The summed E-state index contributed by atoms with van der Waals surface area (Å²) in [6, 6.07) is 22.3. The van der Waals surface area contributed by atoms with Crippen molar-refractivity contribution >= 4 is 12.6 Å². The van der Waals surface area contributed by atoms with Crippen molar-refractivity contribution in [3.63, 3.8) is 0 Å². The maximum atomic E-state index is 6.38. The van der Waals surface area contributed by atoms with Gasteiger partial charge in [0.15, 0.2) is 0 Å². The minimum atomic E-state index is -0.355. The molecule has 0 unspecified atom stereocenters. The third kappa shape index (κ3) is 4.60.